The number of alkyl halides is 3. The Morgan fingerprint density at radius 2 is 2.00 bits per heavy atom. The normalized spacial score (nSPS) is 21.4. The van der Waals surface area contributed by atoms with Gasteiger partial charge in [-0.3, -0.25) is 0 Å². The molecule has 1 rings (SSSR count). The standard InChI is InChI=1S/C10H18F3NO/c1-7(6-10(11,12)13)14-9(4-5-15)8-2-3-8/h7-9,14-15H,2-6H2,1H3. The summed E-state index contributed by atoms with van der Waals surface area (Å²) >= 11 is 0. The van der Waals surface area contributed by atoms with E-state index in [4.69, 9.17) is 5.11 Å². The van der Waals surface area contributed by atoms with Crippen LogP contribution < -0.4 is 5.32 Å². The molecule has 0 aliphatic heterocycles. The van der Waals surface area contributed by atoms with E-state index in [1.165, 1.54) is 0 Å². The van der Waals surface area contributed by atoms with Gasteiger partial charge in [-0.15, -0.1) is 0 Å². The summed E-state index contributed by atoms with van der Waals surface area (Å²) in [7, 11) is 0. The molecule has 2 nitrogen and oxygen atoms in total. The van der Waals surface area contributed by atoms with E-state index in [0.29, 0.717) is 12.3 Å². The van der Waals surface area contributed by atoms with Crippen LogP contribution in [0.3, 0.4) is 0 Å². The lowest BCUT2D eigenvalue weighted by Crippen LogP contribution is -2.40. The highest BCUT2D eigenvalue weighted by Crippen LogP contribution is 2.34. The zero-order valence-electron chi connectivity index (χ0n) is 8.85. The van der Waals surface area contributed by atoms with Crippen LogP contribution in [0, 0.1) is 5.92 Å². The first-order chi connectivity index (χ1) is 6.92. The van der Waals surface area contributed by atoms with Gasteiger partial charge in [0.05, 0.1) is 6.42 Å². The fraction of sp³-hybridized carbons (Fsp3) is 1.00. The summed E-state index contributed by atoms with van der Waals surface area (Å²) in [6.07, 6.45) is -2.24. The molecule has 0 saturated heterocycles. The van der Waals surface area contributed by atoms with Crippen molar-refractivity contribution >= 4 is 0 Å². The Bertz CT molecular complexity index is 192. The van der Waals surface area contributed by atoms with Crippen molar-refractivity contribution in [3.8, 4) is 0 Å². The largest absolute Gasteiger partial charge is 0.396 e. The second kappa shape index (κ2) is 5.16. The van der Waals surface area contributed by atoms with Crippen molar-refractivity contribution in [3.63, 3.8) is 0 Å². The van der Waals surface area contributed by atoms with Gasteiger partial charge in [-0.1, -0.05) is 0 Å². The van der Waals surface area contributed by atoms with Gasteiger partial charge in [0.2, 0.25) is 0 Å². The molecule has 0 amide bonds. The number of halogens is 3. The summed E-state index contributed by atoms with van der Waals surface area (Å²) in [6.45, 7) is 1.58. The number of hydrogen-bond donors (Lipinski definition) is 2. The summed E-state index contributed by atoms with van der Waals surface area (Å²) in [5.41, 5.74) is 0. The van der Waals surface area contributed by atoms with E-state index < -0.39 is 18.6 Å². The van der Waals surface area contributed by atoms with E-state index in [1.807, 2.05) is 0 Å². The average Bonchev–Trinajstić information content (AvgIpc) is 2.81. The van der Waals surface area contributed by atoms with Gasteiger partial charge < -0.3 is 10.4 Å². The van der Waals surface area contributed by atoms with Gasteiger partial charge in [0.15, 0.2) is 0 Å². The van der Waals surface area contributed by atoms with Crippen LogP contribution in [0.15, 0.2) is 0 Å². The van der Waals surface area contributed by atoms with Crippen LogP contribution in [-0.2, 0) is 0 Å². The van der Waals surface area contributed by atoms with E-state index in [2.05, 4.69) is 5.32 Å². The fourth-order valence-electron chi connectivity index (χ4n) is 1.86. The Morgan fingerprint density at radius 3 is 2.40 bits per heavy atom. The summed E-state index contributed by atoms with van der Waals surface area (Å²) in [4.78, 5) is 0. The lowest BCUT2D eigenvalue weighted by molar-refractivity contribution is -0.139. The number of nitrogens with one attached hydrogen (secondary N) is 1. The molecule has 1 saturated carbocycles. The predicted molar refractivity (Wildman–Crippen MR) is 51.5 cm³/mol. The molecular weight excluding hydrogens is 207 g/mol. The summed E-state index contributed by atoms with van der Waals surface area (Å²) in [6, 6.07) is -0.519. The zero-order valence-corrected chi connectivity index (χ0v) is 8.85. The predicted octanol–water partition coefficient (Wildman–Crippen LogP) is 2.08. The molecule has 0 bridgehead atoms. The zero-order chi connectivity index (χ0) is 11.5. The van der Waals surface area contributed by atoms with E-state index in [1.54, 1.807) is 6.92 Å². The quantitative estimate of drug-likeness (QED) is 0.725. The van der Waals surface area contributed by atoms with Crippen LogP contribution in [-0.4, -0.2) is 30.0 Å². The molecule has 15 heavy (non-hydrogen) atoms. The van der Waals surface area contributed by atoms with E-state index in [9.17, 15) is 13.2 Å². The second-order valence-corrected chi connectivity index (χ2v) is 4.34. The van der Waals surface area contributed by atoms with E-state index >= 15 is 0 Å². The highest BCUT2D eigenvalue weighted by Gasteiger charge is 2.34. The van der Waals surface area contributed by atoms with Crippen LogP contribution in [0.4, 0.5) is 13.2 Å². The van der Waals surface area contributed by atoms with Crippen molar-refractivity contribution in [2.75, 3.05) is 6.61 Å². The molecule has 1 aliphatic carbocycles. The number of aliphatic hydroxyl groups excluding tert-OH is 1. The minimum Gasteiger partial charge on any atom is -0.396 e. The first-order valence-electron chi connectivity index (χ1n) is 5.36. The monoisotopic (exact) mass is 225 g/mol. The molecule has 5 heteroatoms. The van der Waals surface area contributed by atoms with E-state index in [-0.39, 0.29) is 12.6 Å². The van der Waals surface area contributed by atoms with Crippen molar-refractivity contribution in [3.05, 3.63) is 0 Å². The van der Waals surface area contributed by atoms with Gasteiger partial charge in [0, 0.05) is 18.7 Å². The van der Waals surface area contributed by atoms with Crippen LogP contribution in [0.25, 0.3) is 0 Å². The second-order valence-electron chi connectivity index (χ2n) is 4.34. The Balaban J connectivity index is 2.30. The molecule has 0 aromatic heterocycles. The third-order valence-electron chi connectivity index (χ3n) is 2.67. The molecule has 2 unspecified atom stereocenters. The van der Waals surface area contributed by atoms with Crippen molar-refractivity contribution in [1.82, 2.24) is 5.32 Å². The minimum absolute atomic E-state index is 0.0346. The van der Waals surface area contributed by atoms with Crippen LogP contribution in [0.1, 0.15) is 32.6 Å². The first-order valence-corrected chi connectivity index (χ1v) is 5.36. The van der Waals surface area contributed by atoms with Crippen LogP contribution in [0.5, 0.6) is 0 Å². The average molecular weight is 225 g/mol. The molecule has 0 radical (unpaired) electrons. The number of rotatable bonds is 6. The van der Waals surface area contributed by atoms with Gasteiger partial charge in [-0.25, -0.2) is 0 Å². The molecule has 90 valence electrons. The van der Waals surface area contributed by atoms with Crippen molar-refractivity contribution < 1.29 is 18.3 Å². The molecule has 1 aliphatic rings. The maximum absolute atomic E-state index is 12.1. The SMILES string of the molecule is CC(CC(F)(F)F)NC(CCO)C1CC1. The number of hydrogen-bond acceptors (Lipinski definition) is 2. The lowest BCUT2D eigenvalue weighted by atomic mass is 10.1. The van der Waals surface area contributed by atoms with Crippen molar-refractivity contribution in [2.24, 2.45) is 5.92 Å². The summed E-state index contributed by atoms with van der Waals surface area (Å²) in [5, 5.41) is 11.8. The van der Waals surface area contributed by atoms with Crippen LogP contribution >= 0.6 is 0 Å². The maximum Gasteiger partial charge on any atom is 0.390 e. The van der Waals surface area contributed by atoms with Crippen LogP contribution in [0.2, 0.25) is 0 Å². The molecular formula is C10H18F3NO. The Kier molecular flexibility index (Phi) is 4.40. The molecule has 2 atom stereocenters. The fourth-order valence-corrected chi connectivity index (χ4v) is 1.86. The van der Waals surface area contributed by atoms with Gasteiger partial charge in [-0.05, 0) is 32.1 Å². The van der Waals surface area contributed by atoms with Gasteiger partial charge in [0.25, 0.3) is 0 Å². The van der Waals surface area contributed by atoms with Gasteiger partial charge in [0.1, 0.15) is 0 Å². The molecule has 0 spiro atoms. The third kappa shape index (κ3) is 5.37. The summed E-state index contributed by atoms with van der Waals surface area (Å²) < 4.78 is 36.2. The Morgan fingerprint density at radius 1 is 1.40 bits per heavy atom. The summed E-state index contributed by atoms with van der Waals surface area (Å²) in [5.74, 6) is 0.466. The smallest absolute Gasteiger partial charge is 0.390 e. The Hall–Kier alpha value is -0.290. The molecule has 0 aromatic rings. The topological polar surface area (TPSA) is 32.3 Å². The lowest BCUT2D eigenvalue weighted by Gasteiger charge is -2.23. The minimum atomic E-state index is -4.11. The first kappa shape index (κ1) is 12.8. The maximum atomic E-state index is 12.1. The Labute approximate surface area is 87.9 Å². The van der Waals surface area contributed by atoms with Crippen molar-refractivity contribution in [1.29, 1.82) is 0 Å². The van der Waals surface area contributed by atoms with E-state index in [0.717, 1.165) is 12.8 Å². The highest BCUT2D eigenvalue weighted by molar-refractivity contribution is 4.87. The van der Waals surface area contributed by atoms with Crippen molar-refractivity contribution in [2.45, 2.75) is 50.9 Å². The molecule has 1 fully saturated rings. The highest BCUT2D eigenvalue weighted by atomic mass is 19.4. The molecule has 0 aromatic carbocycles. The van der Waals surface area contributed by atoms with Gasteiger partial charge >= 0.3 is 6.18 Å². The third-order valence-corrected chi connectivity index (χ3v) is 2.67. The number of aliphatic hydroxyl groups is 1. The molecule has 2 N–H and O–H groups in total. The van der Waals surface area contributed by atoms with Gasteiger partial charge in [-0.2, -0.15) is 13.2 Å². The molecule has 0 heterocycles.